The first-order valence-electron chi connectivity index (χ1n) is 7.41. The van der Waals surface area contributed by atoms with E-state index in [0.717, 1.165) is 18.8 Å². The Hall–Kier alpha value is -1.63. The fourth-order valence-electron chi connectivity index (χ4n) is 2.77. The highest BCUT2D eigenvalue weighted by Gasteiger charge is 2.28. The number of anilines is 1. The van der Waals surface area contributed by atoms with Crippen LogP contribution in [0, 0.1) is 6.92 Å². The first kappa shape index (κ1) is 16.2. The van der Waals surface area contributed by atoms with Gasteiger partial charge in [0.1, 0.15) is 5.82 Å². The van der Waals surface area contributed by atoms with E-state index in [1.54, 1.807) is 31.3 Å². The molecule has 0 aliphatic carbocycles. The Morgan fingerprint density at radius 2 is 2.09 bits per heavy atom. The predicted molar refractivity (Wildman–Crippen MR) is 91.4 cm³/mol. The topological polar surface area (TPSA) is 62.3 Å². The molecule has 0 saturated carbocycles. The molecule has 2 aromatic rings. The van der Waals surface area contributed by atoms with Crippen LogP contribution in [0.15, 0.2) is 47.5 Å². The minimum absolute atomic E-state index is 0.139. The van der Waals surface area contributed by atoms with Gasteiger partial charge in [-0.15, -0.1) is 0 Å². The summed E-state index contributed by atoms with van der Waals surface area (Å²) >= 11 is 6.03. The van der Waals surface area contributed by atoms with Crippen molar-refractivity contribution in [3.63, 3.8) is 0 Å². The summed E-state index contributed by atoms with van der Waals surface area (Å²) in [6.45, 7) is 3.10. The second-order valence-electron chi connectivity index (χ2n) is 5.60. The van der Waals surface area contributed by atoms with E-state index < -0.39 is 10.0 Å². The van der Waals surface area contributed by atoms with Crippen molar-refractivity contribution in [2.45, 2.75) is 24.3 Å². The van der Waals surface area contributed by atoms with E-state index in [1.165, 1.54) is 0 Å². The molecule has 3 rings (SSSR count). The summed E-state index contributed by atoms with van der Waals surface area (Å²) in [5.74, 6) is 0.869. The van der Waals surface area contributed by atoms with Gasteiger partial charge in [-0.3, -0.25) is 0 Å². The lowest BCUT2D eigenvalue weighted by atomic mass is 10.2. The molecule has 1 aromatic carbocycles. The molecule has 0 amide bonds. The third kappa shape index (κ3) is 3.49. The molecule has 1 N–H and O–H groups in total. The van der Waals surface area contributed by atoms with Crippen molar-refractivity contribution in [3.8, 4) is 0 Å². The zero-order valence-corrected chi connectivity index (χ0v) is 14.3. The number of aromatic nitrogens is 1. The Morgan fingerprint density at radius 1 is 1.26 bits per heavy atom. The Bertz CT molecular complexity index is 796. The molecular weight excluding hydrogens is 334 g/mol. The maximum atomic E-state index is 12.6. The molecule has 1 fully saturated rings. The SMILES string of the molecule is Cc1c(Cl)cccc1S(=O)(=O)NC1CCN(c2ccccn2)C1. The molecule has 2 heterocycles. The minimum Gasteiger partial charge on any atom is -0.355 e. The van der Waals surface area contributed by atoms with E-state index in [1.807, 2.05) is 18.2 Å². The number of benzene rings is 1. The number of pyridine rings is 1. The van der Waals surface area contributed by atoms with Crippen LogP contribution in [0.4, 0.5) is 5.82 Å². The van der Waals surface area contributed by atoms with Crippen molar-refractivity contribution in [2.75, 3.05) is 18.0 Å². The molecular formula is C16H18ClN3O2S. The average molecular weight is 352 g/mol. The second-order valence-corrected chi connectivity index (χ2v) is 7.69. The molecule has 1 saturated heterocycles. The van der Waals surface area contributed by atoms with Crippen LogP contribution >= 0.6 is 11.6 Å². The normalized spacial score (nSPS) is 18.3. The third-order valence-corrected chi connectivity index (χ3v) is 6.07. The summed E-state index contributed by atoms with van der Waals surface area (Å²) in [4.78, 5) is 6.63. The first-order chi connectivity index (χ1) is 11.0. The highest BCUT2D eigenvalue weighted by Crippen LogP contribution is 2.24. The van der Waals surface area contributed by atoms with Crippen LogP contribution in [-0.4, -0.2) is 32.5 Å². The van der Waals surface area contributed by atoms with Gasteiger partial charge in [0.25, 0.3) is 0 Å². The summed E-state index contributed by atoms with van der Waals surface area (Å²) in [7, 11) is -3.58. The van der Waals surface area contributed by atoms with Crippen LogP contribution in [-0.2, 0) is 10.0 Å². The Morgan fingerprint density at radius 3 is 2.83 bits per heavy atom. The number of nitrogens with zero attached hydrogens (tertiary/aromatic N) is 2. The summed E-state index contributed by atoms with van der Waals surface area (Å²) < 4.78 is 28.0. The fourth-order valence-corrected chi connectivity index (χ4v) is 4.53. The van der Waals surface area contributed by atoms with E-state index in [-0.39, 0.29) is 10.9 Å². The number of nitrogens with one attached hydrogen (secondary N) is 1. The maximum Gasteiger partial charge on any atom is 0.241 e. The van der Waals surface area contributed by atoms with Gasteiger partial charge in [-0.25, -0.2) is 18.1 Å². The van der Waals surface area contributed by atoms with Gasteiger partial charge >= 0.3 is 0 Å². The molecule has 1 unspecified atom stereocenters. The van der Waals surface area contributed by atoms with Gasteiger partial charge in [0.05, 0.1) is 4.90 Å². The highest BCUT2D eigenvalue weighted by molar-refractivity contribution is 7.89. The second kappa shape index (κ2) is 6.47. The molecule has 1 aliphatic heterocycles. The van der Waals surface area contributed by atoms with Crippen molar-refractivity contribution >= 4 is 27.4 Å². The lowest BCUT2D eigenvalue weighted by Gasteiger charge is -2.18. The summed E-state index contributed by atoms with van der Waals surface area (Å²) in [5.41, 5.74) is 0.571. The van der Waals surface area contributed by atoms with Crippen LogP contribution in [0.5, 0.6) is 0 Å². The molecule has 0 radical (unpaired) electrons. The van der Waals surface area contributed by atoms with Gasteiger partial charge < -0.3 is 4.90 Å². The van der Waals surface area contributed by atoms with Gasteiger partial charge in [0.15, 0.2) is 0 Å². The van der Waals surface area contributed by atoms with Crippen LogP contribution in [0.1, 0.15) is 12.0 Å². The number of hydrogen-bond acceptors (Lipinski definition) is 4. The average Bonchev–Trinajstić information content (AvgIpc) is 2.98. The quantitative estimate of drug-likeness (QED) is 0.919. The Labute approximate surface area is 141 Å². The van der Waals surface area contributed by atoms with Gasteiger partial charge in [-0.05, 0) is 43.2 Å². The summed E-state index contributed by atoms with van der Waals surface area (Å²) in [5, 5.41) is 0.453. The summed E-state index contributed by atoms with van der Waals surface area (Å²) in [6, 6.07) is 10.5. The van der Waals surface area contributed by atoms with Crippen LogP contribution < -0.4 is 9.62 Å². The highest BCUT2D eigenvalue weighted by atomic mass is 35.5. The van der Waals surface area contributed by atoms with Gasteiger partial charge in [-0.1, -0.05) is 23.7 Å². The number of sulfonamides is 1. The van der Waals surface area contributed by atoms with E-state index in [2.05, 4.69) is 14.6 Å². The number of halogens is 1. The summed E-state index contributed by atoms with van der Waals surface area (Å²) in [6.07, 6.45) is 2.48. The van der Waals surface area contributed by atoms with Crippen LogP contribution in [0.2, 0.25) is 5.02 Å². The lowest BCUT2D eigenvalue weighted by Crippen LogP contribution is -2.37. The molecule has 7 heteroatoms. The number of rotatable bonds is 4. The van der Waals surface area contributed by atoms with Crippen molar-refractivity contribution in [2.24, 2.45) is 0 Å². The molecule has 1 aromatic heterocycles. The van der Waals surface area contributed by atoms with Crippen molar-refractivity contribution in [3.05, 3.63) is 53.2 Å². The molecule has 1 atom stereocenters. The smallest absolute Gasteiger partial charge is 0.241 e. The van der Waals surface area contributed by atoms with Gasteiger partial charge in [0, 0.05) is 30.4 Å². The molecule has 122 valence electrons. The fraction of sp³-hybridized carbons (Fsp3) is 0.312. The Balaban J connectivity index is 1.74. The first-order valence-corrected chi connectivity index (χ1v) is 9.27. The van der Waals surface area contributed by atoms with Crippen molar-refractivity contribution in [1.82, 2.24) is 9.71 Å². The van der Waals surface area contributed by atoms with E-state index in [0.29, 0.717) is 17.1 Å². The van der Waals surface area contributed by atoms with Crippen LogP contribution in [0.25, 0.3) is 0 Å². The van der Waals surface area contributed by atoms with Gasteiger partial charge in [0.2, 0.25) is 10.0 Å². The van der Waals surface area contributed by atoms with E-state index in [4.69, 9.17) is 11.6 Å². The van der Waals surface area contributed by atoms with Crippen molar-refractivity contribution in [1.29, 1.82) is 0 Å². The number of hydrogen-bond donors (Lipinski definition) is 1. The Kier molecular flexibility index (Phi) is 4.57. The zero-order valence-electron chi connectivity index (χ0n) is 12.7. The molecule has 0 spiro atoms. The van der Waals surface area contributed by atoms with Gasteiger partial charge in [-0.2, -0.15) is 0 Å². The van der Waals surface area contributed by atoms with Crippen LogP contribution in [0.3, 0.4) is 0 Å². The monoisotopic (exact) mass is 351 g/mol. The maximum absolute atomic E-state index is 12.6. The van der Waals surface area contributed by atoms with E-state index in [9.17, 15) is 8.42 Å². The molecule has 0 bridgehead atoms. The van der Waals surface area contributed by atoms with Crippen molar-refractivity contribution < 1.29 is 8.42 Å². The molecule has 1 aliphatic rings. The standard InChI is InChI=1S/C16H18ClN3O2S/c1-12-14(17)5-4-6-15(12)23(21,22)19-13-8-10-20(11-13)16-7-2-3-9-18-16/h2-7,9,13,19H,8,10-11H2,1H3. The predicted octanol–water partition coefficient (Wildman–Crippen LogP) is 2.60. The van der Waals surface area contributed by atoms with E-state index >= 15 is 0 Å². The lowest BCUT2D eigenvalue weighted by molar-refractivity contribution is 0.561. The minimum atomic E-state index is -3.58. The third-order valence-electron chi connectivity index (χ3n) is 3.99. The molecule has 5 nitrogen and oxygen atoms in total. The zero-order chi connectivity index (χ0) is 16.4. The molecule has 23 heavy (non-hydrogen) atoms. The largest absolute Gasteiger partial charge is 0.355 e.